The van der Waals surface area contributed by atoms with Gasteiger partial charge in [-0.15, -0.1) is 0 Å². The zero-order chi connectivity index (χ0) is 16.0. The van der Waals surface area contributed by atoms with Gasteiger partial charge in [0.15, 0.2) is 0 Å². The number of phenols is 1. The number of phenolic OH excluding ortho intramolecular Hbond substituents is 1. The predicted octanol–water partition coefficient (Wildman–Crippen LogP) is 5.66. The van der Waals surface area contributed by atoms with Gasteiger partial charge in [-0.1, -0.05) is 82.0 Å². The Morgan fingerprint density at radius 2 is 1.50 bits per heavy atom. The highest BCUT2D eigenvalue weighted by Crippen LogP contribution is 2.23. The molecule has 0 heterocycles. The molecule has 0 bridgehead atoms. The SMILES string of the molecule is CCCCCCCCCCCCc1cccc(/C=N\O)c1O. The lowest BCUT2D eigenvalue weighted by molar-refractivity contribution is 0.321. The summed E-state index contributed by atoms with van der Waals surface area (Å²) in [7, 11) is 0. The number of para-hydroxylation sites is 1. The first-order chi connectivity index (χ1) is 10.8. The summed E-state index contributed by atoms with van der Waals surface area (Å²) in [6, 6.07) is 5.58. The summed E-state index contributed by atoms with van der Waals surface area (Å²) in [4.78, 5) is 0. The van der Waals surface area contributed by atoms with Crippen LogP contribution in [0, 0.1) is 0 Å². The molecule has 0 fully saturated rings. The fourth-order valence-electron chi connectivity index (χ4n) is 2.78. The standard InChI is InChI=1S/C19H31NO2/c1-2-3-4-5-6-7-8-9-10-11-13-17-14-12-15-18(16-20-22)19(17)21/h12,14-16,21-22H,2-11,13H2,1H3/b20-16-. The molecule has 1 aromatic carbocycles. The Morgan fingerprint density at radius 3 is 2.09 bits per heavy atom. The van der Waals surface area contributed by atoms with Gasteiger partial charge in [-0.3, -0.25) is 0 Å². The van der Waals surface area contributed by atoms with Crippen molar-refractivity contribution in [3.63, 3.8) is 0 Å². The zero-order valence-corrected chi connectivity index (χ0v) is 13.9. The van der Waals surface area contributed by atoms with Crippen LogP contribution in [0.5, 0.6) is 5.75 Å². The Bertz CT molecular complexity index is 429. The number of hydrogen-bond donors (Lipinski definition) is 2. The summed E-state index contributed by atoms with van der Waals surface area (Å²) in [6.07, 6.45) is 15.3. The van der Waals surface area contributed by atoms with Gasteiger partial charge >= 0.3 is 0 Å². The number of aryl methyl sites for hydroxylation is 1. The smallest absolute Gasteiger partial charge is 0.127 e. The molecule has 0 saturated carbocycles. The van der Waals surface area contributed by atoms with Gasteiger partial charge in [-0.05, 0) is 24.5 Å². The van der Waals surface area contributed by atoms with Gasteiger partial charge in [0.1, 0.15) is 5.75 Å². The highest BCUT2D eigenvalue weighted by molar-refractivity contribution is 5.83. The second-order valence-electron chi connectivity index (χ2n) is 6.03. The van der Waals surface area contributed by atoms with Crippen LogP contribution in [0.3, 0.4) is 0 Å². The van der Waals surface area contributed by atoms with Crippen LogP contribution in [0.15, 0.2) is 23.4 Å². The van der Waals surface area contributed by atoms with Crippen molar-refractivity contribution in [2.75, 3.05) is 0 Å². The van der Waals surface area contributed by atoms with E-state index in [1.54, 1.807) is 6.07 Å². The molecule has 0 amide bonds. The second kappa shape index (κ2) is 12.1. The molecule has 0 aliphatic carbocycles. The van der Waals surface area contributed by atoms with E-state index >= 15 is 0 Å². The van der Waals surface area contributed by atoms with Crippen LogP contribution in [0.2, 0.25) is 0 Å². The first-order valence-electron chi connectivity index (χ1n) is 8.78. The molecule has 0 aliphatic rings. The third-order valence-corrected chi connectivity index (χ3v) is 4.15. The predicted molar refractivity (Wildman–Crippen MR) is 93.0 cm³/mol. The molecule has 0 saturated heterocycles. The zero-order valence-electron chi connectivity index (χ0n) is 13.9. The molecule has 124 valence electrons. The maximum atomic E-state index is 10.1. The van der Waals surface area contributed by atoms with Crippen LogP contribution in [-0.2, 0) is 6.42 Å². The van der Waals surface area contributed by atoms with Crippen molar-refractivity contribution in [3.05, 3.63) is 29.3 Å². The lowest BCUT2D eigenvalue weighted by Crippen LogP contribution is -1.91. The molecular weight excluding hydrogens is 274 g/mol. The number of unbranched alkanes of at least 4 members (excludes halogenated alkanes) is 9. The van der Waals surface area contributed by atoms with E-state index in [1.807, 2.05) is 12.1 Å². The van der Waals surface area contributed by atoms with E-state index in [4.69, 9.17) is 5.21 Å². The average molecular weight is 305 g/mol. The van der Waals surface area contributed by atoms with Gasteiger partial charge in [0.05, 0.1) is 6.21 Å². The van der Waals surface area contributed by atoms with Gasteiger partial charge < -0.3 is 10.3 Å². The molecular formula is C19H31NO2. The Balaban J connectivity index is 2.11. The second-order valence-corrected chi connectivity index (χ2v) is 6.03. The van der Waals surface area contributed by atoms with Crippen LogP contribution in [0.25, 0.3) is 0 Å². The number of hydrogen-bond acceptors (Lipinski definition) is 3. The Hall–Kier alpha value is -1.51. The largest absolute Gasteiger partial charge is 0.507 e. The minimum absolute atomic E-state index is 0.247. The summed E-state index contributed by atoms with van der Waals surface area (Å²) in [5, 5.41) is 21.6. The molecule has 2 N–H and O–H groups in total. The number of rotatable bonds is 12. The van der Waals surface area contributed by atoms with E-state index < -0.39 is 0 Å². The summed E-state index contributed by atoms with van der Waals surface area (Å²) in [5.41, 5.74) is 1.52. The Labute approximate surface area is 135 Å². The summed E-state index contributed by atoms with van der Waals surface area (Å²) < 4.78 is 0. The summed E-state index contributed by atoms with van der Waals surface area (Å²) in [5.74, 6) is 0.247. The van der Waals surface area contributed by atoms with Crippen LogP contribution in [0.4, 0.5) is 0 Å². The van der Waals surface area contributed by atoms with Crippen molar-refractivity contribution in [2.45, 2.75) is 77.6 Å². The molecule has 1 aromatic rings. The molecule has 22 heavy (non-hydrogen) atoms. The average Bonchev–Trinajstić information content (AvgIpc) is 2.52. The van der Waals surface area contributed by atoms with E-state index in [0.29, 0.717) is 5.56 Å². The van der Waals surface area contributed by atoms with Crippen molar-refractivity contribution in [3.8, 4) is 5.75 Å². The molecule has 0 atom stereocenters. The normalized spacial score (nSPS) is 11.3. The van der Waals surface area contributed by atoms with Gasteiger partial charge in [0, 0.05) is 5.56 Å². The van der Waals surface area contributed by atoms with Crippen molar-refractivity contribution >= 4 is 6.21 Å². The number of aromatic hydroxyl groups is 1. The monoisotopic (exact) mass is 305 g/mol. The number of oxime groups is 1. The van der Waals surface area contributed by atoms with Crippen LogP contribution in [0.1, 0.15) is 82.3 Å². The molecule has 0 spiro atoms. The first kappa shape index (κ1) is 18.5. The fourth-order valence-corrected chi connectivity index (χ4v) is 2.78. The molecule has 0 aromatic heterocycles. The lowest BCUT2D eigenvalue weighted by Gasteiger charge is -2.07. The molecule has 0 radical (unpaired) electrons. The van der Waals surface area contributed by atoms with Gasteiger partial charge in [-0.2, -0.15) is 0 Å². The van der Waals surface area contributed by atoms with Gasteiger partial charge in [0.25, 0.3) is 0 Å². The van der Waals surface area contributed by atoms with Gasteiger partial charge in [0.2, 0.25) is 0 Å². The van der Waals surface area contributed by atoms with Gasteiger partial charge in [-0.25, -0.2) is 0 Å². The van der Waals surface area contributed by atoms with E-state index in [9.17, 15) is 5.11 Å². The van der Waals surface area contributed by atoms with E-state index in [1.165, 1.54) is 64.0 Å². The van der Waals surface area contributed by atoms with Crippen LogP contribution >= 0.6 is 0 Å². The van der Waals surface area contributed by atoms with Crippen LogP contribution < -0.4 is 0 Å². The van der Waals surface area contributed by atoms with E-state index in [0.717, 1.165) is 18.4 Å². The van der Waals surface area contributed by atoms with Crippen LogP contribution in [-0.4, -0.2) is 16.5 Å². The summed E-state index contributed by atoms with van der Waals surface area (Å²) >= 11 is 0. The minimum Gasteiger partial charge on any atom is -0.507 e. The quantitative estimate of drug-likeness (QED) is 0.226. The summed E-state index contributed by atoms with van der Waals surface area (Å²) in [6.45, 7) is 2.25. The van der Waals surface area contributed by atoms with E-state index in [2.05, 4.69) is 12.1 Å². The van der Waals surface area contributed by atoms with Crippen molar-refractivity contribution in [1.82, 2.24) is 0 Å². The molecule has 0 aliphatic heterocycles. The fraction of sp³-hybridized carbons (Fsp3) is 0.632. The number of nitrogens with zero attached hydrogens (tertiary/aromatic N) is 1. The van der Waals surface area contributed by atoms with Crippen molar-refractivity contribution < 1.29 is 10.3 Å². The minimum atomic E-state index is 0.247. The van der Waals surface area contributed by atoms with E-state index in [-0.39, 0.29) is 5.75 Å². The third-order valence-electron chi connectivity index (χ3n) is 4.15. The Kier molecular flexibility index (Phi) is 10.2. The molecule has 0 unspecified atom stereocenters. The molecule has 3 nitrogen and oxygen atoms in total. The first-order valence-corrected chi connectivity index (χ1v) is 8.78. The Morgan fingerprint density at radius 1 is 0.909 bits per heavy atom. The maximum absolute atomic E-state index is 10.1. The third kappa shape index (κ3) is 7.48. The number of benzene rings is 1. The topological polar surface area (TPSA) is 52.8 Å². The molecule has 1 rings (SSSR count). The highest BCUT2D eigenvalue weighted by Gasteiger charge is 2.05. The van der Waals surface area contributed by atoms with Crippen molar-refractivity contribution in [2.24, 2.45) is 5.16 Å². The highest BCUT2D eigenvalue weighted by atomic mass is 16.4. The molecule has 3 heteroatoms. The maximum Gasteiger partial charge on any atom is 0.127 e. The lowest BCUT2D eigenvalue weighted by atomic mass is 10.0. The van der Waals surface area contributed by atoms with Crippen molar-refractivity contribution in [1.29, 1.82) is 0 Å².